The van der Waals surface area contributed by atoms with Crippen LogP contribution in [0.15, 0.2) is 0 Å². The third-order valence-electron chi connectivity index (χ3n) is 3.69. The van der Waals surface area contributed by atoms with E-state index in [2.05, 4.69) is 31.0 Å². The smallest absolute Gasteiger partial charge is 0.0897 e. The number of aliphatic hydroxyl groups excluding tert-OH is 1. The van der Waals surface area contributed by atoms with Crippen molar-refractivity contribution in [3.63, 3.8) is 0 Å². The lowest BCUT2D eigenvalue weighted by atomic mass is 10.1. The molecule has 1 fully saturated rings. The number of ether oxygens (including phenoxy) is 2. The van der Waals surface area contributed by atoms with Gasteiger partial charge in [-0.1, -0.05) is 13.8 Å². The first-order valence-electron chi connectivity index (χ1n) is 8.38. The summed E-state index contributed by atoms with van der Waals surface area (Å²) in [6.45, 7) is 13.3. The number of nitrogens with zero attached hydrogens (tertiary/aromatic N) is 1. The summed E-state index contributed by atoms with van der Waals surface area (Å²) in [5, 5.41) is 13.2. The van der Waals surface area contributed by atoms with Crippen molar-refractivity contribution >= 4 is 0 Å². The first-order chi connectivity index (χ1) is 10.1. The molecule has 0 spiro atoms. The van der Waals surface area contributed by atoms with Crippen LogP contribution in [0.1, 0.15) is 33.6 Å². The zero-order valence-electron chi connectivity index (χ0n) is 14.0. The second kappa shape index (κ2) is 11.4. The van der Waals surface area contributed by atoms with Gasteiger partial charge in [-0.3, -0.25) is 4.90 Å². The fraction of sp³-hybridized carbons (Fsp3) is 1.00. The van der Waals surface area contributed by atoms with E-state index in [1.165, 1.54) is 0 Å². The Labute approximate surface area is 130 Å². The fourth-order valence-electron chi connectivity index (χ4n) is 2.59. The van der Waals surface area contributed by atoms with Crippen molar-refractivity contribution in [1.29, 1.82) is 0 Å². The number of aliphatic hydroxyl groups is 1. The van der Waals surface area contributed by atoms with Crippen molar-refractivity contribution in [3.8, 4) is 0 Å². The Morgan fingerprint density at radius 2 is 1.95 bits per heavy atom. The fourth-order valence-corrected chi connectivity index (χ4v) is 2.59. The first-order valence-corrected chi connectivity index (χ1v) is 8.38. The van der Waals surface area contributed by atoms with Crippen LogP contribution in [0.4, 0.5) is 0 Å². The number of nitrogens with one attached hydrogen (secondary N) is 1. The van der Waals surface area contributed by atoms with E-state index in [9.17, 15) is 5.11 Å². The summed E-state index contributed by atoms with van der Waals surface area (Å²) in [4.78, 5) is 2.43. The van der Waals surface area contributed by atoms with E-state index in [4.69, 9.17) is 9.47 Å². The molecule has 5 nitrogen and oxygen atoms in total. The molecule has 1 rings (SSSR count). The van der Waals surface area contributed by atoms with Gasteiger partial charge in [0.2, 0.25) is 0 Å². The second-order valence-electron chi connectivity index (χ2n) is 6.44. The quantitative estimate of drug-likeness (QED) is 0.560. The Morgan fingerprint density at radius 3 is 2.62 bits per heavy atom. The van der Waals surface area contributed by atoms with Gasteiger partial charge >= 0.3 is 0 Å². The number of hydrogen-bond acceptors (Lipinski definition) is 5. The average molecular weight is 302 g/mol. The lowest BCUT2D eigenvalue weighted by Crippen LogP contribution is -2.38. The molecule has 1 heterocycles. The predicted octanol–water partition coefficient (Wildman–Crippen LogP) is 1.11. The topological polar surface area (TPSA) is 54.0 Å². The van der Waals surface area contributed by atoms with Gasteiger partial charge in [0.05, 0.1) is 32.0 Å². The van der Waals surface area contributed by atoms with Gasteiger partial charge < -0.3 is 19.9 Å². The lowest BCUT2D eigenvalue weighted by Gasteiger charge is -2.26. The molecular weight excluding hydrogens is 268 g/mol. The Hall–Kier alpha value is -0.200. The zero-order valence-corrected chi connectivity index (χ0v) is 14.0. The number of hydrogen-bond donors (Lipinski definition) is 2. The molecule has 5 heteroatoms. The second-order valence-corrected chi connectivity index (χ2v) is 6.44. The average Bonchev–Trinajstić information content (AvgIpc) is 2.45. The summed E-state index contributed by atoms with van der Waals surface area (Å²) in [6.07, 6.45) is 1.96. The maximum atomic E-state index is 9.87. The van der Waals surface area contributed by atoms with E-state index < -0.39 is 6.10 Å². The normalized spacial score (nSPS) is 19.9. The minimum absolute atomic E-state index is 0.223. The molecule has 1 aliphatic heterocycles. The van der Waals surface area contributed by atoms with Gasteiger partial charge in [-0.05, 0) is 38.8 Å². The van der Waals surface area contributed by atoms with Crippen LogP contribution in [-0.4, -0.2) is 74.8 Å². The molecule has 2 N–H and O–H groups in total. The Bertz CT molecular complexity index is 246. The molecule has 2 unspecified atom stereocenters. The van der Waals surface area contributed by atoms with Gasteiger partial charge in [0.1, 0.15) is 0 Å². The number of morpholine rings is 1. The summed E-state index contributed by atoms with van der Waals surface area (Å²) in [5.74, 6) is 0.635. The Balaban J connectivity index is 1.91. The van der Waals surface area contributed by atoms with Crippen molar-refractivity contribution in [1.82, 2.24) is 10.2 Å². The van der Waals surface area contributed by atoms with Gasteiger partial charge in [0, 0.05) is 19.6 Å². The third-order valence-corrected chi connectivity index (χ3v) is 3.69. The van der Waals surface area contributed by atoms with Crippen molar-refractivity contribution < 1.29 is 14.6 Å². The molecule has 0 aliphatic carbocycles. The molecule has 2 atom stereocenters. The van der Waals surface area contributed by atoms with Crippen LogP contribution < -0.4 is 5.32 Å². The van der Waals surface area contributed by atoms with Crippen molar-refractivity contribution in [3.05, 3.63) is 0 Å². The molecule has 0 radical (unpaired) electrons. The van der Waals surface area contributed by atoms with Crippen LogP contribution in [0.5, 0.6) is 0 Å². The molecular formula is C16H34N2O3. The monoisotopic (exact) mass is 302 g/mol. The van der Waals surface area contributed by atoms with Crippen LogP contribution >= 0.6 is 0 Å². The molecule has 1 saturated heterocycles. The van der Waals surface area contributed by atoms with E-state index in [0.29, 0.717) is 19.1 Å². The van der Waals surface area contributed by atoms with Crippen molar-refractivity contribution in [2.45, 2.75) is 45.8 Å². The molecule has 1 aliphatic rings. The van der Waals surface area contributed by atoms with Crippen molar-refractivity contribution in [2.24, 2.45) is 5.92 Å². The van der Waals surface area contributed by atoms with E-state index in [1.807, 2.05) is 0 Å². The van der Waals surface area contributed by atoms with E-state index in [-0.39, 0.29) is 6.10 Å². The molecule has 21 heavy (non-hydrogen) atoms. The minimum atomic E-state index is -0.414. The summed E-state index contributed by atoms with van der Waals surface area (Å²) in [7, 11) is 0. The third kappa shape index (κ3) is 10.2. The highest BCUT2D eigenvalue weighted by Crippen LogP contribution is 2.07. The lowest BCUT2D eigenvalue weighted by molar-refractivity contribution is -0.00856. The Kier molecular flexibility index (Phi) is 10.2. The van der Waals surface area contributed by atoms with E-state index in [1.54, 1.807) is 0 Å². The van der Waals surface area contributed by atoms with Crippen LogP contribution in [0, 0.1) is 5.92 Å². The molecule has 0 saturated carbocycles. The summed E-state index contributed by atoms with van der Waals surface area (Å²) in [5.41, 5.74) is 0. The van der Waals surface area contributed by atoms with Gasteiger partial charge in [0.25, 0.3) is 0 Å². The van der Waals surface area contributed by atoms with Crippen LogP contribution in [-0.2, 0) is 9.47 Å². The highest BCUT2D eigenvalue weighted by molar-refractivity contribution is 4.64. The highest BCUT2D eigenvalue weighted by Gasteiger charge is 2.11. The molecule has 0 bridgehead atoms. The standard InChI is InChI=1S/C16H34N2O3/c1-14(2)11-15(3)21-13-16(19)12-17-5-4-6-18-7-9-20-10-8-18/h14-17,19H,4-13H2,1-3H3. The minimum Gasteiger partial charge on any atom is -0.389 e. The van der Waals surface area contributed by atoms with Gasteiger partial charge in [0.15, 0.2) is 0 Å². The molecule has 0 aromatic heterocycles. The summed E-state index contributed by atoms with van der Waals surface area (Å²) < 4.78 is 11.0. The highest BCUT2D eigenvalue weighted by atomic mass is 16.5. The maximum Gasteiger partial charge on any atom is 0.0897 e. The number of rotatable bonds is 11. The zero-order chi connectivity index (χ0) is 15.5. The van der Waals surface area contributed by atoms with Gasteiger partial charge in [-0.15, -0.1) is 0 Å². The Morgan fingerprint density at radius 1 is 1.24 bits per heavy atom. The molecule has 126 valence electrons. The summed E-state index contributed by atoms with van der Waals surface area (Å²) in [6, 6.07) is 0. The van der Waals surface area contributed by atoms with Crippen LogP contribution in [0.3, 0.4) is 0 Å². The van der Waals surface area contributed by atoms with Crippen molar-refractivity contribution in [2.75, 3.05) is 52.5 Å². The predicted molar refractivity (Wildman–Crippen MR) is 85.6 cm³/mol. The summed E-state index contributed by atoms with van der Waals surface area (Å²) >= 11 is 0. The van der Waals surface area contributed by atoms with Gasteiger partial charge in [-0.25, -0.2) is 0 Å². The van der Waals surface area contributed by atoms with E-state index >= 15 is 0 Å². The molecule has 0 amide bonds. The largest absolute Gasteiger partial charge is 0.389 e. The van der Waals surface area contributed by atoms with Gasteiger partial charge in [-0.2, -0.15) is 0 Å². The first kappa shape index (κ1) is 18.8. The molecule has 0 aromatic carbocycles. The van der Waals surface area contributed by atoms with E-state index in [0.717, 1.165) is 52.2 Å². The molecule has 0 aromatic rings. The van der Waals surface area contributed by atoms with Crippen LogP contribution in [0.25, 0.3) is 0 Å². The maximum absolute atomic E-state index is 9.87. The van der Waals surface area contributed by atoms with Crippen LogP contribution in [0.2, 0.25) is 0 Å². The SMILES string of the molecule is CC(C)CC(C)OCC(O)CNCCCN1CCOCC1.